The van der Waals surface area contributed by atoms with Gasteiger partial charge in [-0.2, -0.15) is 0 Å². The largest absolute Gasteiger partial charge is 0.469 e. The van der Waals surface area contributed by atoms with Gasteiger partial charge in [-0.1, -0.05) is 48.5 Å². The summed E-state index contributed by atoms with van der Waals surface area (Å²) in [4.78, 5) is 4.46. The van der Waals surface area contributed by atoms with Crippen molar-refractivity contribution in [3.63, 3.8) is 0 Å². The maximum Gasteiger partial charge on any atom is 0.281 e. The van der Waals surface area contributed by atoms with Gasteiger partial charge in [0.1, 0.15) is 0 Å². The normalized spacial score (nSPS) is 18.1. The van der Waals surface area contributed by atoms with Crippen LogP contribution in [0.4, 0.5) is 0 Å². The highest BCUT2D eigenvalue weighted by atomic mass is 16.5. The molecule has 1 unspecified atom stereocenters. The molecule has 1 aliphatic carbocycles. The van der Waals surface area contributed by atoms with E-state index in [1.807, 2.05) is 6.07 Å². The number of amidine groups is 1. The Morgan fingerprint density at radius 1 is 1.14 bits per heavy atom. The first-order valence-corrected chi connectivity index (χ1v) is 7.31. The third kappa shape index (κ3) is 2.92. The van der Waals surface area contributed by atoms with Gasteiger partial charge in [0.05, 0.1) is 13.2 Å². The summed E-state index contributed by atoms with van der Waals surface area (Å²) in [7, 11) is 1.56. The number of nitrogens with zero attached hydrogens (tertiary/aromatic N) is 1. The van der Waals surface area contributed by atoms with Gasteiger partial charge in [-0.05, 0) is 41.5 Å². The average molecular weight is 280 g/mol. The lowest BCUT2D eigenvalue weighted by Crippen LogP contribution is -2.23. The zero-order valence-electron chi connectivity index (χ0n) is 12.3. The van der Waals surface area contributed by atoms with E-state index in [1.54, 1.807) is 7.11 Å². The van der Waals surface area contributed by atoms with Crippen molar-refractivity contribution in [2.24, 2.45) is 10.7 Å². The third-order valence-corrected chi connectivity index (χ3v) is 4.06. The first-order chi connectivity index (χ1) is 10.3. The summed E-state index contributed by atoms with van der Waals surface area (Å²) < 4.78 is 4.98. The quantitative estimate of drug-likeness (QED) is 0.678. The zero-order chi connectivity index (χ0) is 14.7. The van der Waals surface area contributed by atoms with E-state index < -0.39 is 0 Å². The molecule has 0 spiro atoms. The lowest BCUT2D eigenvalue weighted by Gasteiger charge is -2.24. The molecule has 1 atom stereocenters. The van der Waals surface area contributed by atoms with Crippen LogP contribution < -0.4 is 5.73 Å². The van der Waals surface area contributed by atoms with E-state index in [2.05, 4.69) is 47.5 Å². The Morgan fingerprint density at radius 3 is 2.71 bits per heavy atom. The predicted octanol–water partition coefficient (Wildman–Crippen LogP) is 3.17. The first kappa shape index (κ1) is 13.7. The van der Waals surface area contributed by atoms with Crippen LogP contribution in [0.3, 0.4) is 0 Å². The lowest BCUT2D eigenvalue weighted by molar-refractivity contribution is 0.388. The molecule has 3 heteroatoms. The maximum absolute atomic E-state index is 5.70. The van der Waals surface area contributed by atoms with Crippen LogP contribution in [0.5, 0.6) is 0 Å². The molecule has 3 nitrogen and oxygen atoms in total. The topological polar surface area (TPSA) is 47.6 Å². The summed E-state index contributed by atoms with van der Waals surface area (Å²) in [5, 5.41) is 0. The van der Waals surface area contributed by atoms with E-state index in [-0.39, 0.29) is 12.1 Å². The molecule has 2 aromatic rings. The molecule has 0 aromatic heterocycles. The van der Waals surface area contributed by atoms with E-state index >= 15 is 0 Å². The average Bonchev–Trinajstić information content (AvgIpc) is 2.55. The smallest absolute Gasteiger partial charge is 0.281 e. The summed E-state index contributed by atoms with van der Waals surface area (Å²) in [6.45, 7) is 0. The standard InChI is InChI=1S/C18H20N2O/c1-21-18(19)20-15-11-10-14-8-5-9-16(17(14)12-15)13-6-3-2-4-7-13/h2-9,15H,10-12H2,1H3,(H2,19,20). The summed E-state index contributed by atoms with van der Waals surface area (Å²) >= 11 is 0. The van der Waals surface area contributed by atoms with Crippen LogP contribution in [0.1, 0.15) is 17.5 Å². The van der Waals surface area contributed by atoms with Gasteiger partial charge < -0.3 is 10.5 Å². The molecule has 2 aromatic carbocycles. The van der Waals surface area contributed by atoms with Crippen molar-refractivity contribution in [2.75, 3.05) is 7.11 Å². The molecule has 0 saturated carbocycles. The van der Waals surface area contributed by atoms with Crippen molar-refractivity contribution < 1.29 is 4.74 Å². The SMILES string of the molecule is COC(N)=NC1CCc2cccc(-c3ccccc3)c2C1. The van der Waals surface area contributed by atoms with E-state index in [0.717, 1.165) is 19.3 Å². The van der Waals surface area contributed by atoms with Gasteiger partial charge in [-0.15, -0.1) is 0 Å². The minimum Gasteiger partial charge on any atom is -0.469 e. The van der Waals surface area contributed by atoms with E-state index in [4.69, 9.17) is 10.5 Å². The molecule has 0 bridgehead atoms. The van der Waals surface area contributed by atoms with Gasteiger partial charge in [0, 0.05) is 0 Å². The molecule has 3 rings (SSSR count). The van der Waals surface area contributed by atoms with Crippen molar-refractivity contribution in [2.45, 2.75) is 25.3 Å². The molecular weight excluding hydrogens is 260 g/mol. The zero-order valence-corrected chi connectivity index (χ0v) is 12.3. The molecule has 1 aliphatic rings. The van der Waals surface area contributed by atoms with Gasteiger partial charge in [-0.25, -0.2) is 4.99 Å². The van der Waals surface area contributed by atoms with Gasteiger partial charge in [0.25, 0.3) is 6.02 Å². The molecule has 21 heavy (non-hydrogen) atoms. The highest BCUT2D eigenvalue weighted by Gasteiger charge is 2.21. The molecule has 0 aliphatic heterocycles. The minimum atomic E-state index is 0.210. The molecule has 2 N–H and O–H groups in total. The maximum atomic E-state index is 5.70. The molecule has 0 fully saturated rings. The number of hydrogen-bond donors (Lipinski definition) is 1. The Hall–Kier alpha value is -2.29. The van der Waals surface area contributed by atoms with Crippen LogP contribution in [-0.2, 0) is 17.6 Å². The number of aliphatic imine (C=N–C) groups is 1. The monoisotopic (exact) mass is 280 g/mol. The third-order valence-electron chi connectivity index (χ3n) is 4.06. The van der Waals surface area contributed by atoms with Crippen molar-refractivity contribution >= 4 is 6.02 Å². The minimum absolute atomic E-state index is 0.210. The highest BCUT2D eigenvalue weighted by Crippen LogP contribution is 2.32. The Labute approximate surface area is 125 Å². The van der Waals surface area contributed by atoms with Crippen molar-refractivity contribution in [3.8, 4) is 11.1 Å². The fourth-order valence-corrected chi connectivity index (χ4v) is 3.00. The van der Waals surface area contributed by atoms with Gasteiger partial charge in [-0.3, -0.25) is 0 Å². The van der Waals surface area contributed by atoms with Gasteiger partial charge in [0.2, 0.25) is 0 Å². The summed E-state index contributed by atoms with van der Waals surface area (Å²) in [5.41, 5.74) is 11.1. The highest BCUT2D eigenvalue weighted by molar-refractivity contribution is 5.72. The van der Waals surface area contributed by atoms with Gasteiger partial charge >= 0.3 is 0 Å². The number of nitrogens with two attached hydrogens (primary N) is 1. The van der Waals surface area contributed by atoms with E-state index in [1.165, 1.54) is 22.3 Å². The van der Waals surface area contributed by atoms with Crippen LogP contribution in [0, 0.1) is 0 Å². The molecule has 0 amide bonds. The fraction of sp³-hybridized carbons (Fsp3) is 0.278. The summed E-state index contributed by atoms with van der Waals surface area (Å²) in [5.74, 6) is 0. The van der Waals surface area contributed by atoms with Crippen LogP contribution in [0.25, 0.3) is 11.1 Å². The Bertz CT molecular complexity index is 650. The number of ether oxygens (including phenoxy) is 1. The molecule has 0 radical (unpaired) electrons. The van der Waals surface area contributed by atoms with Crippen molar-refractivity contribution in [1.82, 2.24) is 0 Å². The number of rotatable bonds is 2. The van der Waals surface area contributed by atoms with Gasteiger partial charge in [0.15, 0.2) is 0 Å². The second kappa shape index (κ2) is 6.00. The summed E-state index contributed by atoms with van der Waals surface area (Å²) in [6.07, 6.45) is 2.99. The van der Waals surface area contributed by atoms with Crippen LogP contribution in [0.15, 0.2) is 53.5 Å². The van der Waals surface area contributed by atoms with Crippen molar-refractivity contribution in [1.29, 1.82) is 0 Å². The van der Waals surface area contributed by atoms with Crippen LogP contribution in [0.2, 0.25) is 0 Å². The fourth-order valence-electron chi connectivity index (χ4n) is 3.00. The van der Waals surface area contributed by atoms with Crippen molar-refractivity contribution in [3.05, 3.63) is 59.7 Å². The number of hydrogen-bond acceptors (Lipinski definition) is 2. The van der Waals surface area contributed by atoms with E-state index in [9.17, 15) is 0 Å². The number of fused-ring (bicyclic) bond motifs is 1. The number of methoxy groups -OCH3 is 1. The molecule has 0 heterocycles. The molecular formula is C18H20N2O. The number of benzene rings is 2. The first-order valence-electron chi connectivity index (χ1n) is 7.31. The van der Waals surface area contributed by atoms with Crippen LogP contribution in [-0.4, -0.2) is 19.2 Å². The Kier molecular flexibility index (Phi) is 3.91. The second-order valence-electron chi connectivity index (χ2n) is 5.38. The Balaban J connectivity index is 1.97. The van der Waals surface area contributed by atoms with E-state index in [0.29, 0.717) is 0 Å². The molecule has 108 valence electrons. The van der Waals surface area contributed by atoms with Crippen LogP contribution >= 0.6 is 0 Å². The summed E-state index contributed by atoms with van der Waals surface area (Å²) in [6, 6.07) is 17.6. The predicted molar refractivity (Wildman–Crippen MR) is 86.3 cm³/mol. The lowest BCUT2D eigenvalue weighted by atomic mass is 9.84. The second-order valence-corrected chi connectivity index (χ2v) is 5.38. The molecule has 0 saturated heterocycles. The Morgan fingerprint density at radius 2 is 1.95 bits per heavy atom. The number of aryl methyl sites for hydroxylation is 1.